The number of aryl methyl sites for hydroxylation is 2. The molecule has 4 rings (SSSR count). The smallest absolute Gasteiger partial charge is 0.307 e. The van der Waals surface area contributed by atoms with Crippen LogP contribution in [0, 0.1) is 6.92 Å². The first-order chi connectivity index (χ1) is 12.7. The van der Waals surface area contributed by atoms with Crippen molar-refractivity contribution in [2.45, 2.75) is 45.7 Å². The summed E-state index contributed by atoms with van der Waals surface area (Å²) in [5, 5.41) is 16.8. The molecule has 1 N–H and O–H groups in total. The van der Waals surface area contributed by atoms with Crippen LogP contribution < -0.4 is 5.32 Å². The summed E-state index contributed by atoms with van der Waals surface area (Å²) >= 11 is 0. The Labute approximate surface area is 149 Å². The quantitative estimate of drug-likeness (QED) is 0.694. The van der Waals surface area contributed by atoms with E-state index >= 15 is 0 Å². The number of aromatic nitrogens is 5. The van der Waals surface area contributed by atoms with Crippen LogP contribution in [0.15, 0.2) is 16.8 Å². The maximum absolute atomic E-state index is 11.6. The van der Waals surface area contributed by atoms with Crippen LogP contribution in [0.2, 0.25) is 0 Å². The van der Waals surface area contributed by atoms with E-state index < -0.39 is 0 Å². The second-order valence-corrected chi connectivity index (χ2v) is 6.33. The third-order valence-corrected chi connectivity index (χ3v) is 4.35. The zero-order chi connectivity index (χ0) is 18.1. The van der Waals surface area contributed by atoms with Crippen molar-refractivity contribution >= 4 is 22.7 Å². The van der Waals surface area contributed by atoms with Gasteiger partial charge in [0.25, 0.3) is 5.89 Å². The number of ether oxygens (including phenoxy) is 1. The van der Waals surface area contributed by atoms with E-state index in [1.54, 1.807) is 19.3 Å². The molecule has 0 bridgehead atoms. The van der Waals surface area contributed by atoms with Crippen molar-refractivity contribution < 1.29 is 13.9 Å². The number of cyclic esters (lactones) is 1. The highest BCUT2D eigenvalue weighted by Gasteiger charge is 2.25. The summed E-state index contributed by atoms with van der Waals surface area (Å²) in [6.07, 6.45) is 5.51. The summed E-state index contributed by atoms with van der Waals surface area (Å²) in [6, 6.07) is -0.0286. The van der Waals surface area contributed by atoms with Crippen LogP contribution in [-0.4, -0.2) is 43.6 Å². The number of fused-ring (bicyclic) bond motifs is 1. The van der Waals surface area contributed by atoms with E-state index in [1.165, 1.54) is 0 Å². The highest BCUT2D eigenvalue weighted by Crippen LogP contribution is 2.34. The van der Waals surface area contributed by atoms with Crippen molar-refractivity contribution in [3.05, 3.63) is 18.3 Å². The molecule has 4 heterocycles. The Bertz CT molecular complexity index is 947. The zero-order valence-electron chi connectivity index (χ0n) is 14.7. The summed E-state index contributed by atoms with van der Waals surface area (Å²) in [6.45, 7) is 5.03. The molecule has 1 aliphatic rings. The predicted octanol–water partition coefficient (Wildman–Crippen LogP) is 2.32. The first-order valence-electron chi connectivity index (χ1n) is 8.73. The lowest BCUT2D eigenvalue weighted by Gasteiger charge is -2.24. The topological polar surface area (TPSA) is 108 Å². The van der Waals surface area contributed by atoms with E-state index in [-0.39, 0.29) is 12.0 Å². The first-order valence-corrected chi connectivity index (χ1v) is 8.73. The van der Waals surface area contributed by atoms with Crippen molar-refractivity contribution in [1.29, 1.82) is 0 Å². The minimum atomic E-state index is -0.198. The molecule has 1 saturated heterocycles. The van der Waals surface area contributed by atoms with Gasteiger partial charge in [-0.1, -0.05) is 6.92 Å². The van der Waals surface area contributed by atoms with Crippen molar-refractivity contribution in [2.24, 2.45) is 0 Å². The number of nitrogens with zero attached hydrogens (tertiary/aromatic N) is 5. The normalized spacial score (nSPS) is 17.5. The number of carbonyl (C=O) groups is 1. The van der Waals surface area contributed by atoms with E-state index in [2.05, 4.69) is 32.5 Å². The molecule has 1 fully saturated rings. The van der Waals surface area contributed by atoms with Crippen molar-refractivity contribution in [3.8, 4) is 11.5 Å². The molecular formula is C17H20N6O3. The van der Waals surface area contributed by atoms with Gasteiger partial charge in [-0.25, -0.2) is 9.67 Å². The summed E-state index contributed by atoms with van der Waals surface area (Å²) < 4.78 is 12.5. The van der Waals surface area contributed by atoms with E-state index in [0.29, 0.717) is 30.4 Å². The Hall–Kier alpha value is -2.97. The molecule has 0 amide bonds. The van der Waals surface area contributed by atoms with Gasteiger partial charge in [-0.2, -0.15) is 5.10 Å². The van der Waals surface area contributed by atoms with Crippen LogP contribution in [0.25, 0.3) is 22.5 Å². The molecule has 1 unspecified atom stereocenters. The number of rotatable bonds is 5. The maximum Gasteiger partial charge on any atom is 0.307 e. The van der Waals surface area contributed by atoms with E-state index in [4.69, 9.17) is 9.15 Å². The van der Waals surface area contributed by atoms with Crippen LogP contribution in [0.3, 0.4) is 0 Å². The Morgan fingerprint density at radius 2 is 2.23 bits per heavy atom. The van der Waals surface area contributed by atoms with Crippen molar-refractivity contribution in [2.75, 3.05) is 11.9 Å². The third kappa shape index (κ3) is 3.00. The molecule has 3 aromatic rings. The zero-order valence-corrected chi connectivity index (χ0v) is 14.7. The van der Waals surface area contributed by atoms with E-state index in [9.17, 15) is 4.79 Å². The van der Waals surface area contributed by atoms with Gasteiger partial charge in [0, 0.05) is 32.1 Å². The SMILES string of the molecule is CCCn1ncc2c(NC3CCOC(=O)C3)c(-c3nnc(C)o3)cnc21. The van der Waals surface area contributed by atoms with Gasteiger partial charge < -0.3 is 14.5 Å². The van der Waals surface area contributed by atoms with E-state index in [1.807, 2.05) is 4.68 Å². The number of pyridine rings is 1. The highest BCUT2D eigenvalue weighted by atomic mass is 16.5. The fourth-order valence-electron chi connectivity index (χ4n) is 3.13. The average Bonchev–Trinajstić information content (AvgIpc) is 3.22. The van der Waals surface area contributed by atoms with Crippen LogP contribution in [0.5, 0.6) is 0 Å². The number of hydrogen-bond acceptors (Lipinski definition) is 8. The van der Waals surface area contributed by atoms with Crippen LogP contribution in [0.1, 0.15) is 32.1 Å². The predicted molar refractivity (Wildman–Crippen MR) is 93.5 cm³/mol. The Morgan fingerprint density at radius 1 is 1.35 bits per heavy atom. The Morgan fingerprint density at radius 3 is 2.96 bits per heavy atom. The van der Waals surface area contributed by atoms with Gasteiger partial charge in [0.2, 0.25) is 5.89 Å². The van der Waals surface area contributed by atoms with Gasteiger partial charge in [-0.05, 0) is 6.42 Å². The number of anilines is 1. The molecule has 9 nitrogen and oxygen atoms in total. The molecule has 0 radical (unpaired) electrons. The number of carbonyl (C=O) groups excluding carboxylic acids is 1. The van der Waals surface area contributed by atoms with Gasteiger partial charge in [-0.15, -0.1) is 10.2 Å². The largest absolute Gasteiger partial charge is 0.466 e. The molecule has 0 saturated carbocycles. The van der Waals surface area contributed by atoms with Crippen LogP contribution in [0.4, 0.5) is 5.69 Å². The van der Waals surface area contributed by atoms with Gasteiger partial charge in [0.1, 0.15) is 0 Å². The second kappa shape index (κ2) is 6.74. The van der Waals surface area contributed by atoms with E-state index in [0.717, 1.165) is 36.1 Å². The molecule has 0 aliphatic carbocycles. The molecule has 136 valence electrons. The molecule has 26 heavy (non-hydrogen) atoms. The number of esters is 1. The lowest BCUT2D eigenvalue weighted by Crippen LogP contribution is -2.31. The molecular weight excluding hydrogens is 336 g/mol. The highest BCUT2D eigenvalue weighted by molar-refractivity contribution is 5.96. The van der Waals surface area contributed by atoms with Crippen LogP contribution in [-0.2, 0) is 16.1 Å². The summed E-state index contributed by atoms with van der Waals surface area (Å²) in [5.74, 6) is 0.672. The Balaban J connectivity index is 1.80. The molecule has 1 aliphatic heterocycles. The molecule has 3 aromatic heterocycles. The summed E-state index contributed by atoms with van der Waals surface area (Å²) in [5.41, 5.74) is 2.29. The first kappa shape index (κ1) is 16.5. The third-order valence-electron chi connectivity index (χ3n) is 4.35. The van der Waals surface area contributed by atoms with Gasteiger partial charge in [-0.3, -0.25) is 4.79 Å². The van der Waals surface area contributed by atoms with Gasteiger partial charge in [0.05, 0.1) is 35.9 Å². The lowest BCUT2D eigenvalue weighted by atomic mass is 10.1. The fourth-order valence-corrected chi connectivity index (χ4v) is 3.13. The van der Waals surface area contributed by atoms with Crippen molar-refractivity contribution in [3.63, 3.8) is 0 Å². The summed E-state index contributed by atoms with van der Waals surface area (Å²) in [4.78, 5) is 16.2. The van der Waals surface area contributed by atoms with Gasteiger partial charge in [0.15, 0.2) is 5.65 Å². The van der Waals surface area contributed by atoms with Crippen LogP contribution >= 0.6 is 0 Å². The minimum absolute atomic E-state index is 0.0286. The molecule has 1 atom stereocenters. The minimum Gasteiger partial charge on any atom is -0.466 e. The maximum atomic E-state index is 11.6. The average molecular weight is 356 g/mol. The number of hydrogen-bond donors (Lipinski definition) is 1. The molecule has 9 heteroatoms. The van der Waals surface area contributed by atoms with Gasteiger partial charge >= 0.3 is 5.97 Å². The Kier molecular flexibility index (Phi) is 4.27. The number of nitrogens with one attached hydrogen (secondary N) is 1. The monoisotopic (exact) mass is 356 g/mol. The lowest BCUT2D eigenvalue weighted by molar-refractivity contribution is -0.147. The molecule has 0 aromatic carbocycles. The van der Waals surface area contributed by atoms with Crippen molar-refractivity contribution in [1.82, 2.24) is 25.0 Å². The molecule has 0 spiro atoms. The standard InChI is InChI=1S/C17H20N6O3/c1-3-5-23-16-12(9-19-23)15(20-11-4-6-25-14(24)7-11)13(8-18-16)17-22-21-10(2)26-17/h8-9,11H,3-7H2,1-2H3,(H,18,20). The summed E-state index contributed by atoms with van der Waals surface area (Å²) in [7, 11) is 0. The second-order valence-electron chi connectivity index (χ2n) is 6.33. The fraction of sp³-hybridized carbons (Fsp3) is 0.471.